The van der Waals surface area contributed by atoms with Crippen molar-refractivity contribution in [3.8, 4) is 11.5 Å². The Hall–Kier alpha value is -3.21. The van der Waals surface area contributed by atoms with E-state index in [9.17, 15) is 31.1 Å². The molecule has 0 radical (unpaired) electrons. The summed E-state index contributed by atoms with van der Waals surface area (Å²) in [5.41, 5.74) is -3.45. The van der Waals surface area contributed by atoms with E-state index in [4.69, 9.17) is 14.2 Å². The molecule has 1 fully saturated rings. The fraction of sp³-hybridized carbons (Fsp3) is 0.375. The van der Waals surface area contributed by atoms with E-state index in [2.05, 4.69) is 4.98 Å². The number of rotatable bonds is 4. The quantitative estimate of drug-likeness (QED) is 0.461. The van der Waals surface area contributed by atoms with Crippen molar-refractivity contribution < 1.29 is 40.6 Å². The van der Waals surface area contributed by atoms with E-state index < -0.39 is 58.3 Å². The zero-order valence-corrected chi connectivity index (χ0v) is 19.0. The molecule has 2 aromatic carbocycles. The van der Waals surface area contributed by atoms with Gasteiger partial charge in [-0.15, -0.1) is 0 Å². The van der Waals surface area contributed by atoms with E-state index in [1.54, 1.807) is 0 Å². The molecule has 0 spiro atoms. The first kappa shape index (κ1) is 24.9. The molecule has 35 heavy (non-hydrogen) atoms. The molecule has 0 aliphatic carbocycles. The van der Waals surface area contributed by atoms with Gasteiger partial charge in [0.15, 0.2) is 34.2 Å². The molecular weight excluding hydrogens is 480 g/mol. The summed E-state index contributed by atoms with van der Waals surface area (Å²) in [7, 11) is 2.24. The largest absolute Gasteiger partial charge is 0.493 e. The maximum Gasteiger partial charge on any atom is 0.417 e. The van der Waals surface area contributed by atoms with Crippen LogP contribution in [0.5, 0.6) is 11.5 Å². The van der Waals surface area contributed by atoms with Crippen molar-refractivity contribution in [1.82, 2.24) is 4.98 Å². The molecule has 1 N–H and O–H groups in total. The van der Waals surface area contributed by atoms with Crippen LogP contribution in [-0.2, 0) is 4.74 Å². The first-order valence-electron chi connectivity index (χ1n) is 10.5. The number of nitrogens with one attached hydrogen (secondary N) is 1. The minimum absolute atomic E-state index is 0.0606. The Bertz CT molecular complexity index is 1350. The number of ether oxygens (including phenoxy) is 3. The Labute approximate surface area is 195 Å². The van der Waals surface area contributed by atoms with E-state index >= 15 is 0 Å². The van der Waals surface area contributed by atoms with Crippen LogP contribution in [0.4, 0.5) is 26.3 Å². The van der Waals surface area contributed by atoms with E-state index in [0.717, 1.165) is 38.3 Å². The predicted octanol–water partition coefficient (Wildman–Crippen LogP) is 5.77. The van der Waals surface area contributed by atoms with Gasteiger partial charge in [0, 0.05) is 29.2 Å². The van der Waals surface area contributed by atoms with E-state index in [1.165, 1.54) is 20.1 Å². The van der Waals surface area contributed by atoms with Crippen LogP contribution in [0.3, 0.4) is 0 Å². The summed E-state index contributed by atoms with van der Waals surface area (Å²) in [6, 6.07) is 5.19. The fourth-order valence-corrected chi connectivity index (χ4v) is 4.74. The van der Waals surface area contributed by atoms with Crippen LogP contribution < -0.4 is 14.9 Å². The third kappa shape index (κ3) is 3.72. The van der Waals surface area contributed by atoms with Crippen molar-refractivity contribution in [2.45, 2.75) is 37.6 Å². The lowest BCUT2D eigenvalue weighted by atomic mass is 9.76. The van der Waals surface area contributed by atoms with Crippen LogP contribution in [0.1, 0.15) is 37.1 Å². The highest BCUT2D eigenvalue weighted by atomic mass is 19.4. The Kier molecular flexibility index (Phi) is 6.03. The number of hydrogen-bond donors (Lipinski definition) is 1. The minimum atomic E-state index is -4.84. The van der Waals surface area contributed by atoms with Gasteiger partial charge in [-0.3, -0.25) is 4.79 Å². The standard InChI is InChI=1S/C24H21F6NO4/c1-10-17(11-5-6-12(25)19(27)20(11)33-3)22(35-23(10,2)24(28,29)30)15-9-16(32)18-14(31-15)8-7-13(26)21(18)34-4/h5-10,17,22H,1-4H3,(H,31,32)/t10-,17-,22-,23+/m0/s1. The highest BCUT2D eigenvalue weighted by Crippen LogP contribution is 2.59. The number of aromatic nitrogens is 1. The van der Waals surface area contributed by atoms with E-state index in [0.29, 0.717) is 0 Å². The Morgan fingerprint density at radius 1 is 1.00 bits per heavy atom. The van der Waals surface area contributed by atoms with Gasteiger partial charge in [-0.05, 0) is 25.1 Å². The smallest absolute Gasteiger partial charge is 0.417 e. The molecule has 0 saturated carbocycles. The average molecular weight is 501 g/mol. The monoisotopic (exact) mass is 501 g/mol. The molecule has 4 atom stereocenters. The number of hydrogen-bond acceptors (Lipinski definition) is 4. The number of fused-ring (bicyclic) bond motifs is 1. The molecule has 3 aromatic rings. The second kappa shape index (κ2) is 8.47. The molecule has 0 amide bonds. The van der Waals surface area contributed by atoms with Crippen molar-refractivity contribution >= 4 is 10.9 Å². The van der Waals surface area contributed by atoms with E-state index in [-0.39, 0.29) is 27.9 Å². The Morgan fingerprint density at radius 3 is 2.23 bits per heavy atom. The lowest BCUT2D eigenvalue weighted by molar-refractivity contribution is -0.275. The van der Waals surface area contributed by atoms with Crippen molar-refractivity contribution in [2.75, 3.05) is 14.2 Å². The first-order chi connectivity index (χ1) is 16.4. The van der Waals surface area contributed by atoms with E-state index in [1.807, 2.05) is 0 Å². The Morgan fingerprint density at radius 2 is 1.63 bits per heavy atom. The van der Waals surface area contributed by atoms with Gasteiger partial charge in [0.1, 0.15) is 6.10 Å². The fourth-order valence-electron chi connectivity index (χ4n) is 4.74. The van der Waals surface area contributed by atoms with Crippen molar-refractivity contribution in [3.63, 3.8) is 0 Å². The number of alkyl halides is 3. The summed E-state index contributed by atoms with van der Waals surface area (Å²) in [4.78, 5) is 15.8. The van der Waals surface area contributed by atoms with Gasteiger partial charge in [0.05, 0.1) is 25.1 Å². The normalized spacial score (nSPS) is 24.7. The third-order valence-corrected chi connectivity index (χ3v) is 6.74. The topological polar surface area (TPSA) is 60.5 Å². The summed E-state index contributed by atoms with van der Waals surface area (Å²) in [6.07, 6.45) is -6.28. The van der Waals surface area contributed by atoms with Gasteiger partial charge in [-0.1, -0.05) is 13.0 Å². The van der Waals surface area contributed by atoms with Crippen LogP contribution in [0.2, 0.25) is 0 Å². The van der Waals surface area contributed by atoms with Gasteiger partial charge in [0.2, 0.25) is 5.82 Å². The second-order valence-electron chi connectivity index (χ2n) is 8.53. The molecule has 0 unspecified atom stereocenters. The van der Waals surface area contributed by atoms with Crippen LogP contribution >= 0.6 is 0 Å². The van der Waals surface area contributed by atoms with Crippen LogP contribution in [-0.4, -0.2) is 31.0 Å². The minimum Gasteiger partial charge on any atom is -0.493 e. The lowest BCUT2D eigenvalue weighted by Crippen LogP contribution is -2.46. The highest BCUT2D eigenvalue weighted by Gasteiger charge is 2.65. The summed E-state index contributed by atoms with van der Waals surface area (Å²) in [5.74, 6) is -6.79. The number of halogens is 6. The molecule has 2 heterocycles. The summed E-state index contributed by atoms with van der Waals surface area (Å²) in [5, 5.41) is -0.136. The first-order valence-corrected chi connectivity index (χ1v) is 10.5. The highest BCUT2D eigenvalue weighted by molar-refractivity contribution is 5.85. The van der Waals surface area contributed by atoms with Crippen LogP contribution in [0, 0.1) is 23.4 Å². The molecule has 0 bridgehead atoms. The molecule has 5 nitrogen and oxygen atoms in total. The number of H-pyrrole nitrogens is 1. The van der Waals surface area contributed by atoms with Gasteiger partial charge < -0.3 is 19.2 Å². The maximum atomic E-state index is 14.5. The molecule has 1 aromatic heterocycles. The zero-order valence-electron chi connectivity index (χ0n) is 19.0. The lowest BCUT2D eigenvalue weighted by Gasteiger charge is -2.32. The second-order valence-corrected chi connectivity index (χ2v) is 8.53. The maximum absolute atomic E-state index is 14.5. The van der Waals surface area contributed by atoms with Crippen LogP contribution in [0.15, 0.2) is 35.1 Å². The Balaban J connectivity index is 1.98. The van der Waals surface area contributed by atoms with Crippen molar-refractivity contribution in [1.29, 1.82) is 0 Å². The van der Waals surface area contributed by atoms with Gasteiger partial charge >= 0.3 is 6.18 Å². The molecule has 188 valence electrons. The molecule has 1 aliphatic rings. The van der Waals surface area contributed by atoms with Crippen molar-refractivity contribution in [3.05, 3.63) is 69.3 Å². The molecule has 1 aliphatic heterocycles. The summed E-state index contributed by atoms with van der Waals surface area (Å²) < 4.78 is 101. The zero-order chi connectivity index (χ0) is 25.9. The number of aromatic amines is 1. The molecular formula is C24H21F6NO4. The number of methoxy groups -OCH3 is 2. The van der Waals surface area contributed by atoms with Gasteiger partial charge in [-0.25, -0.2) is 8.78 Å². The summed E-state index contributed by atoms with van der Waals surface area (Å²) >= 11 is 0. The average Bonchev–Trinajstić information content (AvgIpc) is 3.07. The SMILES string of the molecule is COc1c([C@H]2[C@H](c3cc(=O)c4c(OC)c(F)ccc4[nH]3)O[C@@](C)(C(F)(F)F)[C@H]2C)ccc(F)c1F. The van der Waals surface area contributed by atoms with Crippen LogP contribution in [0.25, 0.3) is 10.9 Å². The molecule has 1 saturated heterocycles. The number of pyridine rings is 1. The third-order valence-electron chi connectivity index (χ3n) is 6.74. The molecule has 11 heteroatoms. The molecule has 4 rings (SSSR count). The summed E-state index contributed by atoms with van der Waals surface area (Å²) in [6.45, 7) is 2.13. The number of benzene rings is 2. The van der Waals surface area contributed by atoms with Crippen molar-refractivity contribution in [2.24, 2.45) is 5.92 Å². The van der Waals surface area contributed by atoms with Gasteiger partial charge in [-0.2, -0.15) is 17.6 Å². The predicted molar refractivity (Wildman–Crippen MR) is 114 cm³/mol. The van der Waals surface area contributed by atoms with Gasteiger partial charge in [0.25, 0.3) is 0 Å².